The highest BCUT2D eigenvalue weighted by molar-refractivity contribution is 5.95. The number of hydrogen-bond donors (Lipinski definition) is 4. The number of aromatic amines is 2. The summed E-state index contributed by atoms with van der Waals surface area (Å²) in [5.41, 5.74) is 3.60. The molecule has 3 heterocycles. The Balaban J connectivity index is 1.56. The summed E-state index contributed by atoms with van der Waals surface area (Å²) in [6.45, 7) is 3.08. The van der Waals surface area contributed by atoms with Crippen LogP contribution in [-0.2, 0) is 13.1 Å². The van der Waals surface area contributed by atoms with Crippen LogP contribution in [0.15, 0.2) is 72.2 Å². The minimum absolute atomic E-state index is 0.164. The molecule has 8 nitrogen and oxygen atoms in total. The standard InChI is InChI=1S/C24H24N6O2/c1-16-6-4-8-18(22(16)31)21-23(27-20-14-26-19-9-3-2-7-17(19)20)28-24(32)30(21)12-5-11-29-13-10-25-15-29/h2-4,6-10,13-15,26-27,31H,5,11-12H2,1H3,(H,28,32). The summed E-state index contributed by atoms with van der Waals surface area (Å²) in [5, 5.41) is 15.2. The number of hydrogen-bond acceptors (Lipinski definition) is 4. The van der Waals surface area contributed by atoms with Crippen LogP contribution >= 0.6 is 0 Å². The second-order valence-corrected chi connectivity index (χ2v) is 7.80. The third kappa shape index (κ3) is 3.56. The third-order valence-electron chi connectivity index (χ3n) is 5.68. The van der Waals surface area contributed by atoms with Crippen LogP contribution in [0.2, 0.25) is 0 Å². The van der Waals surface area contributed by atoms with Crippen LogP contribution in [0.3, 0.4) is 0 Å². The fourth-order valence-corrected chi connectivity index (χ4v) is 4.04. The Morgan fingerprint density at radius 3 is 2.84 bits per heavy atom. The maximum Gasteiger partial charge on any atom is 0.327 e. The molecule has 5 aromatic rings. The quantitative estimate of drug-likeness (QED) is 0.309. The predicted octanol–water partition coefficient (Wildman–Crippen LogP) is 4.37. The molecule has 0 aliphatic heterocycles. The van der Waals surface area contributed by atoms with Gasteiger partial charge in [0.1, 0.15) is 11.6 Å². The molecule has 162 valence electrons. The highest BCUT2D eigenvalue weighted by atomic mass is 16.3. The van der Waals surface area contributed by atoms with Crippen molar-refractivity contribution in [1.29, 1.82) is 0 Å². The van der Waals surface area contributed by atoms with Gasteiger partial charge in [0.25, 0.3) is 0 Å². The van der Waals surface area contributed by atoms with Crippen LogP contribution in [-0.4, -0.2) is 29.2 Å². The van der Waals surface area contributed by atoms with Crippen molar-refractivity contribution in [3.63, 3.8) is 0 Å². The Bertz CT molecular complexity index is 1420. The monoisotopic (exact) mass is 428 g/mol. The number of fused-ring (bicyclic) bond motifs is 1. The molecule has 0 aliphatic rings. The van der Waals surface area contributed by atoms with E-state index in [-0.39, 0.29) is 11.4 Å². The molecule has 5 rings (SSSR count). The van der Waals surface area contributed by atoms with Gasteiger partial charge in [-0.1, -0.05) is 30.3 Å². The molecule has 0 saturated carbocycles. The highest BCUT2D eigenvalue weighted by Gasteiger charge is 2.20. The van der Waals surface area contributed by atoms with Crippen molar-refractivity contribution in [1.82, 2.24) is 24.1 Å². The van der Waals surface area contributed by atoms with Crippen molar-refractivity contribution in [2.24, 2.45) is 0 Å². The van der Waals surface area contributed by atoms with Crippen LogP contribution in [0.5, 0.6) is 5.75 Å². The van der Waals surface area contributed by atoms with E-state index in [1.165, 1.54) is 0 Å². The SMILES string of the molecule is Cc1cccc(-c2c(Nc3c[nH]c4ccccc34)[nH]c(=O)n2CCCn2ccnc2)c1O. The van der Waals surface area contributed by atoms with Gasteiger partial charge < -0.3 is 20.0 Å². The Morgan fingerprint density at radius 2 is 2.00 bits per heavy atom. The van der Waals surface area contributed by atoms with Crippen molar-refractivity contribution in [3.8, 4) is 17.0 Å². The van der Waals surface area contributed by atoms with E-state index in [1.807, 2.05) is 66.3 Å². The Labute approximate surface area is 184 Å². The number of rotatable bonds is 7. The van der Waals surface area contributed by atoms with Crippen molar-refractivity contribution in [2.45, 2.75) is 26.4 Å². The van der Waals surface area contributed by atoms with Crippen molar-refractivity contribution >= 4 is 22.4 Å². The second-order valence-electron chi connectivity index (χ2n) is 7.80. The topological polar surface area (TPSA) is 104 Å². The third-order valence-corrected chi connectivity index (χ3v) is 5.68. The summed E-state index contributed by atoms with van der Waals surface area (Å²) < 4.78 is 3.66. The largest absolute Gasteiger partial charge is 0.507 e. The summed E-state index contributed by atoms with van der Waals surface area (Å²) >= 11 is 0. The van der Waals surface area contributed by atoms with Gasteiger partial charge in [0.05, 0.1) is 17.7 Å². The number of phenols is 1. The molecule has 0 aliphatic carbocycles. The lowest BCUT2D eigenvalue weighted by atomic mass is 10.1. The fraction of sp³-hybridized carbons (Fsp3) is 0.167. The van der Waals surface area contributed by atoms with Crippen molar-refractivity contribution < 1.29 is 5.11 Å². The molecule has 32 heavy (non-hydrogen) atoms. The number of aromatic nitrogens is 5. The Hall–Kier alpha value is -4.20. The summed E-state index contributed by atoms with van der Waals surface area (Å²) in [4.78, 5) is 23.2. The normalized spacial score (nSPS) is 11.3. The first-order chi connectivity index (χ1) is 15.6. The Kier molecular flexibility index (Phi) is 5.03. The van der Waals surface area contributed by atoms with Crippen molar-refractivity contribution in [2.75, 3.05) is 5.32 Å². The predicted molar refractivity (Wildman–Crippen MR) is 125 cm³/mol. The zero-order valence-corrected chi connectivity index (χ0v) is 17.7. The highest BCUT2D eigenvalue weighted by Crippen LogP contribution is 2.37. The molecule has 8 heteroatoms. The van der Waals surface area contributed by atoms with Gasteiger partial charge in [0, 0.05) is 48.1 Å². The maximum atomic E-state index is 13.0. The number of imidazole rings is 2. The summed E-state index contributed by atoms with van der Waals surface area (Å²) in [6.07, 6.45) is 8.01. The van der Waals surface area contributed by atoms with Gasteiger partial charge in [0.15, 0.2) is 0 Å². The number of nitrogens with one attached hydrogen (secondary N) is 3. The smallest absolute Gasteiger partial charge is 0.327 e. The van der Waals surface area contributed by atoms with E-state index >= 15 is 0 Å². The molecule has 0 radical (unpaired) electrons. The number of phenolic OH excluding ortho intramolecular Hbond substituents is 1. The van der Waals surface area contributed by atoms with E-state index in [0.717, 1.165) is 35.1 Å². The first-order valence-corrected chi connectivity index (χ1v) is 10.5. The molecule has 0 unspecified atom stereocenters. The van der Waals surface area contributed by atoms with Gasteiger partial charge in [-0.05, 0) is 31.0 Å². The second kappa shape index (κ2) is 8.14. The van der Waals surface area contributed by atoms with Gasteiger partial charge >= 0.3 is 5.69 Å². The molecule has 0 fully saturated rings. The van der Waals surface area contributed by atoms with Gasteiger partial charge in [-0.2, -0.15) is 0 Å². The molecule has 0 bridgehead atoms. The van der Waals surface area contributed by atoms with Crippen molar-refractivity contribution in [3.05, 3.63) is 83.4 Å². The summed E-state index contributed by atoms with van der Waals surface area (Å²) in [5.74, 6) is 0.708. The number of aryl methyl sites for hydroxylation is 2. The van der Waals surface area contributed by atoms with E-state index in [1.54, 1.807) is 17.1 Å². The lowest BCUT2D eigenvalue weighted by Crippen LogP contribution is -2.18. The molecule has 2 aromatic carbocycles. The van der Waals surface area contributed by atoms with E-state index in [2.05, 4.69) is 20.3 Å². The summed E-state index contributed by atoms with van der Waals surface area (Å²) in [6, 6.07) is 13.5. The zero-order chi connectivity index (χ0) is 22.1. The average molecular weight is 428 g/mol. The van der Waals surface area contributed by atoms with E-state index < -0.39 is 0 Å². The number of nitrogens with zero attached hydrogens (tertiary/aromatic N) is 3. The van der Waals surface area contributed by atoms with Gasteiger partial charge in [-0.25, -0.2) is 9.78 Å². The van der Waals surface area contributed by atoms with E-state index in [0.29, 0.717) is 23.6 Å². The number of H-pyrrole nitrogens is 2. The number of aromatic hydroxyl groups is 1. The molecule has 0 saturated heterocycles. The number of para-hydroxylation sites is 2. The summed E-state index contributed by atoms with van der Waals surface area (Å²) in [7, 11) is 0. The van der Waals surface area contributed by atoms with Crippen LogP contribution in [0, 0.1) is 6.92 Å². The number of benzene rings is 2. The van der Waals surface area contributed by atoms with E-state index in [4.69, 9.17) is 0 Å². The van der Waals surface area contributed by atoms with Crippen LogP contribution in [0.1, 0.15) is 12.0 Å². The lowest BCUT2D eigenvalue weighted by Gasteiger charge is -2.13. The minimum atomic E-state index is -0.228. The first-order valence-electron chi connectivity index (χ1n) is 10.5. The minimum Gasteiger partial charge on any atom is -0.507 e. The van der Waals surface area contributed by atoms with Crippen LogP contribution in [0.4, 0.5) is 11.5 Å². The van der Waals surface area contributed by atoms with E-state index in [9.17, 15) is 9.90 Å². The van der Waals surface area contributed by atoms with Gasteiger partial charge in [0.2, 0.25) is 0 Å². The molecule has 3 aromatic heterocycles. The molecule has 4 N–H and O–H groups in total. The zero-order valence-electron chi connectivity index (χ0n) is 17.7. The molecule has 0 amide bonds. The van der Waals surface area contributed by atoms with Gasteiger partial charge in [-0.15, -0.1) is 0 Å². The average Bonchev–Trinajstić information content (AvgIpc) is 3.52. The number of anilines is 2. The Morgan fingerprint density at radius 1 is 1.12 bits per heavy atom. The first kappa shape index (κ1) is 19.7. The molecule has 0 spiro atoms. The van der Waals surface area contributed by atoms with Crippen LogP contribution in [0.25, 0.3) is 22.2 Å². The molecule has 0 atom stereocenters. The molecular weight excluding hydrogens is 404 g/mol. The van der Waals surface area contributed by atoms with Gasteiger partial charge in [-0.3, -0.25) is 9.55 Å². The maximum absolute atomic E-state index is 13.0. The molecular formula is C24H24N6O2. The fourth-order valence-electron chi connectivity index (χ4n) is 4.04. The lowest BCUT2D eigenvalue weighted by molar-refractivity contribution is 0.472. The van der Waals surface area contributed by atoms with Crippen LogP contribution < -0.4 is 11.0 Å².